The number of anilines is 1. The van der Waals surface area contributed by atoms with Crippen LogP contribution in [-0.2, 0) is 0 Å². The molecule has 1 unspecified atom stereocenters. The van der Waals surface area contributed by atoms with Gasteiger partial charge in [-0.15, -0.1) is 0 Å². The molecule has 3 nitrogen and oxygen atoms in total. The Bertz CT molecular complexity index is 715. The Labute approximate surface area is 150 Å². The number of aromatic nitrogens is 1. The molecule has 0 spiro atoms. The van der Waals surface area contributed by atoms with Crippen LogP contribution >= 0.6 is 15.9 Å². The van der Waals surface area contributed by atoms with Crippen molar-refractivity contribution in [3.05, 3.63) is 34.9 Å². The van der Waals surface area contributed by atoms with Crippen LogP contribution in [0.5, 0.6) is 0 Å². The quantitative estimate of drug-likeness (QED) is 0.816. The van der Waals surface area contributed by atoms with Gasteiger partial charge in [0.1, 0.15) is 6.17 Å². The van der Waals surface area contributed by atoms with Gasteiger partial charge in [-0.05, 0) is 56.4 Å². The second kappa shape index (κ2) is 6.96. The SMILES string of the molecule is FC1CCN(C2CCC(Nc3ccnc4ccc(Br)cc34)CC2)C1. The summed E-state index contributed by atoms with van der Waals surface area (Å²) in [6.07, 6.45) is 6.61. The number of hydrogen-bond donors (Lipinski definition) is 1. The standard InChI is InChI=1S/C19H23BrFN3/c20-13-1-6-18-17(11-13)19(7-9-22-18)23-15-2-4-16(5-3-15)24-10-8-14(21)12-24/h1,6-7,9,11,14-16H,2-5,8,10,12H2,(H,22,23). The van der Waals surface area contributed by atoms with Crippen molar-refractivity contribution in [2.24, 2.45) is 0 Å². The summed E-state index contributed by atoms with van der Waals surface area (Å²) in [7, 11) is 0. The van der Waals surface area contributed by atoms with Crippen LogP contribution in [0, 0.1) is 0 Å². The summed E-state index contributed by atoms with van der Waals surface area (Å²) < 4.78 is 14.5. The number of likely N-dealkylation sites (tertiary alicyclic amines) is 1. The van der Waals surface area contributed by atoms with Crippen LogP contribution in [0.1, 0.15) is 32.1 Å². The highest BCUT2D eigenvalue weighted by atomic mass is 79.9. The van der Waals surface area contributed by atoms with E-state index in [1.54, 1.807) is 0 Å². The molecule has 1 N–H and O–H groups in total. The van der Waals surface area contributed by atoms with Gasteiger partial charge in [-0.3, -0.25) is 9.88 Å². The monoisotopic (exact) mass is 391 g/mol. The molecule has 1 saturated carbocycles. The molecule has 1 atom stereocenters. The van der Waals surface area contributed by atoms with Gasteiger partial charge in [-0.25, -0.2) is 4.39 Å². The lowest BCUT2D eigenvalue weighted by Crippen LogP contribution is -2.39. The minimum absolute atomic E-state index is 0.495. The zero-order chi connectivity index (χ0) is 16.5. The Morgan fingerprint density at radius 1 is 1.12 bits per heavy atom. The smallest absolute Gasteiger partial charge is 0.114 e. The molecule has 24 heavy (non-hydrogen) atoms. The topological polar surface area (TPSA) is 28.2 Å². The van der Waals surface area contributed by atoms with Crippen molar-refractivity contribution in [1.29, 1.82) is 0 Å². The zero-order valence-corrected chi connectivity index (χ0v) is 15.3. The van der Waals surface area contributed by atoms with Crippen molar-refractivity contribution >= 4 is 32.5 Å². The van der Waals surface area contributed by atoms with Crippen LogP contribution in [0.4, 0.5) is 10.1 Å². The first kappa shape index (κ1) is 16.3. The van der Waals surface area contributed by atoms with Gasteiger partial charge in [0.2, 0.25) is 0 Å². The second-order valence-electron chi connectivity index (χ2n) is 7.05. The molecule has 0 amide bonds. The molecule has 128 valence electrons. The van der Waals surface area contributed by atoms with Crippen molar-refractivity contribution in [2.45, 2.75) is 50.4 Å². The highest BCUT2D eigenvalue weighted by Crippen LogP contribution is 2.31. The van der Waals surface area contributed by atoms with Crippen LogP contribution in [0.15, 0.2) is 34.9 Å². The van der Waals surface area contributed by atoms with Crippen LogP contribution in [0.25, 0.3) is 10.9 Å². The predicted octanol–water partition coefficient (Wildman–Crippen LogP) is 4.76. The lowest BCUT2D eigenvalue weighted by atomic mass is 9.90. The molecule has 0 radical (unpaired) electrons. The van der Waals surface area contributed by atoms with E-state index < -0.39 is 6.17 Å². The van der Waals surface area contributed by atoms with Gasteiger partial charge in [0, 0.05) is 46.9 Å². The molecule has 0 bridgehead atoms. The lowest BCUT2D eigenvalue weighted by molar-refractivity contribution is 0.173. The maximum absolute atomic E-state index is 13.4. The molecule has 1 saturated heterocycles. The number of fused-ring (bicyclic) bond motifs is 1. The predicted molar refractivity (Wildman–Crippen MR) is 100 cm³/mol. The number of nitrogens with one attached hydrogen (secondary N) is 1. The van der Waals surface area contributed by atoms with E-state index in [9.17, 15) is 4.39 Å². The fourth-order valence-electron chi connectivity index (χ4n) is 4.12. The van der Waals surface area contributed by atoms with E-state index in [2.05, 4.69) is 43.3 Å². The third kappa shape index (κ3) is 3.42. The molecule has 1 aromatic carbocycles. The maximum Gasteiger partial charge on any atom is 0.114 e. The molecular weight excluding hydrogens is 369 g/mol. The summed E-state index contributed by atoms with van der Waals surface area (Å²) in [5.74, 6) is 0. The fraction of sp³-hybridized carbons (Fsp3) is 0.526. The number of hydrogen-bond acceptors (Lipinski definition) is 3. The summed E-state index contributed by atoms with van der Waals surface area (Å²) in [5, 5.41) is 4.88. The van der Waals surface area contributed by atoms with Gasteiger partial charge in [0.15, 0.2) is 0 Å². The fourth-order valence-corrected chi connectivity index (χ4v) is 4.49. The maximum atomic E-state index is 13.4. The Hall–Kier alpha value is -1.20. The number of pyridine rings is 1. The van der Waals surface area contributed by atoms with Crippen molar-refractivity contribution in [3.63, 3.8) is 0 Å². The largest absolute Gasteiger partial charge is 0.382 e. The first-order valence-corrected chi connectivity index (χ1v) is 9.67. The van der Waals surface area contributed by atoms with E-state index in [1.165, 1.54) is 0 Å². The van der Waals surface area contributed by atoms with Crippen LogP contribution in [-0.4, -0.2) is 41.2 Å². The average Bonchev–Trinajstić information content (AvgIpc) is 3.03. The second-order valence-corrected chi connectivity index (χ2v) is 7.97. The van der Waals surface area contributed by atoms with E-state index in [0.717, 1.165) is 59.7 Å². The Balaban J connectivity index is 1.41. The Kier molecular flexibility index (Phi) is 4.72. The summed E-state index contributed by atoms with van der Waals surface area (Å²) in [5.41, 5.74) is 2.18. The molecule has 1 aliphatic carbocycles. The van der Waals surface area contributed by atoms with Gasteiger partial charge in [0.25, 0.3) is 0 Å². The van der Waals surface area contributed by atoms with Gasteiger partial charge >= 0.3 is 0 Å². The molecule has 2 aliphatic rings. The number of alkyl halides is 1. The summed E-state index contributed by atoms with van der Waals surface area (Å²) >= 11 is 3.55. The van der Waals surface area contributed by atoms with Gasteiger partial charge in [-0.1, -0.05) is 15.9 Å². The minimum atomic E-state index is -0.609. The van der Waals surface area contributed by atoms with Crippen LogP contribution < -0.4 is 5.32 Å². The molecule has 2 fully saturated rings. The number of halogens is 2. The number of nitrogens with zero attached hydrogens (tertiary/aromatic N) is 2. The normalized spacial score (nSPS) is 28.3. The van der Waals surface area contributed by atoms with E-state index >= 15 is 0 Å². The van der Waals surface area contributed by atoms with Gasteiger partial charge in [-0.2, -0.15) is 0 Å². The number of rotatable bonds is 3. The van der Waals surface area contributed by atoms with Crippen LogP contribution in [0.3, 0.4) is 0 Å². The third-order valence-electron chi connectivity index (χ3n) is 5.44. The van der Waals surface area contributed by atoms with Gasteiger partial charge in [0.05, 0.1) is 5.52 Å². The van der Waals surface area contributed by atoms with E-state index in [-0.39, 0.29) is 0 Å². The average molecular weight is 392 g/mol. The van der Waals surface area contributed by atoms with E-state index in [4.69, 9.17) is 0 Å². The van der Waals surface area contributed by atoms with Crippen molar-refractivity contribution < 1.29 is 4.39 Å². The van der Waals surface area contributed by atoms with Crippen LogP contribution in [0.2, 0.25) is 0 Å². The highest BCUT2D eigenvalue weighted by Gasteiger charge is 2.31. The molecule has 1 aromatic heterocycles. The third-order valence-corrected chi connectivity index (χ3v) is 5.93. The molecule has 2 heterocycles. The Morgan fingerprint density at radius 2 is 1.96 bits per heavy atom. The van der Waals surface area contributed by atoms with E-state index in [1.807, 2.05) is 18.3 Å². The lowest BCUT2D eigenvalue weighted by Gasteiger charge is -2.35. The summed E-state index contributed by atoms with van der Waals surface area (Å²) in [4.78, 5) is 6.81. The molecule has 2 aromatic rings. The first-order chi connectivity index (χ1) is 11.7. The Morgan fingerprint density at radius 3 is 2.71 bits per heavy atom. The molecular formula is C19H23BrFN3. The number of benzene rings is 1. The van der Waals surface area contributed by atoms with Crippen molar-refractivity contribution in [1.82, 2.24) is 9.88 Å². The van der Waals surface area contributed by atoms with Crippen molar-refractivity contribution in [2.75, 3.05) is 18.4 Å². The van der Waals surface area contributed by atoms with E-state index in [0.29, 0.717) is 18.6 Å². The molecule has 5 heteroatoms. The first-order valence-electron chi connectivity index (χ1n) is 8.88. The summed E-state index contributed by atoms with van der Waals surface area (Å²) in [6, 6.07) is 9.33. The van der Waals surface area contributed by atoms with Crippen molar-refractivity contribution in [3.8, 4) is 0 Å². The minimum Gasteiger partial charge on any atom is -0.382 e. The zero-order valence-electron chi connectivity index (χ0n) is 13.7. The molecule has 1 aliphatic heterocycles. The summed E-state index contributed by atoms with van der Waals surface area (Å²) in [6.45, 7) is 1.58. The van der Waals surface area contributed by atoms with Gasteiger partial charge < -0.3 is 5.32 Å². The highest BCUT2D eigenvalue weighted by molar-refractivity contribution is 9.10. The molecule has 4 rings (SSSR count).